The molecule has 0 unspecified atom stereocenters. The first kappa shape index (κ1) is 10.9. The zero-order valence-electron chi connectivity index (χ0n) is 7.94. The van der Waals surface area contributed by atoms with Gasteiger partial charge in [-0.25, -0.2) is 12.7 Å². The van der Waals surface area contributed by atoms with Crippen LogP contribution in [0.3, 0.4) is 0 Å². The molecule has 1 rings (SSSR count). The Hall–Kier alpha value is -0.130. The molecule has 1 aliphatic carbocycles. The maximum Gasteiger partial charge on any atom is 0.213 e. The normalized spacial score (nSPS) is 18.1. The molecule has 0 spiro atoms. The second-order valence-electron chi connectivity index (χ2n) is 3.59. The van der Waals surface area contributed by atoms with Gasteiger partial charge >= 0.3 is 0 Å². The van der Waals surface area contributed by atoms with Crippen LogP contribution in [0, 0.1) is 5.92 Å². The summed E-state index contributed by atoms with van der Waals surface area (Å²) in [5, 5.41) is 8.58. The van der Waals surface area contributed by atoms with Gasteiger partial charge in [-0.3, -0.25) is 0 Å². The molecular formula is C8H17NO3S. The lowest BCUT2D eigenvalue weighted by atomic mass is 10.3. The third-order valence-electron chi connectivity index (χ3n) is 2.37. The molecule has 1 aliphatic rings. The van der Waals surface area contributed by atoms with E-state index in [9.17, 15) is 8.42 Å². The second-order valence-corrected chi connectivity index (χ2v) is 5.79. The minimum absolute atomic E-state index is 0.112. The molecule has 0 amide bonds. The molecular weight excluding hydrogens is 190 g/mol. The standard InChI is InChI=1S/C8H17NO3S/c1-9(5-6-10)13(11,12)7-4-8-2-3-8/h8,10H,2-7H2,1H3. The first-order valence-electron chi connectivity index (χ1n) is 4.61. The number of aliphatic hydroxyl groups excluding tert-OH is 1. The topological polar surface area (TPSA) is 57.6 Å². The fourth-order valence-electron chi connectivity index (χ4n) is 1.16. The molecule has 0 radical (unpaired) electrons. The van der Waals surface area contributed by atoms with Crippen molar-refractivity contribution in [2.24, 2.45) is 5.92 Å². The van der Waals surface area contributed by atoms with E-state index in [1.165, 1.54) is 24.2 Å². The van der Waals surface area contributed by atoms with Crippen LogP contribution in [0.15, 0.2) is 0 Å². The van der Waals surface area contributed by atoms with Gasteiger partial charge in [0.05, 0.1) is 12.4 Å². The Morgan fingerprint density at radius 2 is 2.08 bits per heavy atom. The summed E-state index contributed by atoms with van der Waals surface area (Å²) in [7, 11) is -1.59. The largest absolute Gasteiger partial charge is 0.395 e. The SMILES string of the molecule is CN(CCO)S(=O)(=O)CCC1CC1. The van der Waals surface area contributed by atoms with Gasteiger partial charge in [0, 0.05) is 13.6 Å². The van der Waals surface area contributed by atoms with E-state index < -0.39 is 10.0 Å². The van der Waals surface area contributed by atoms with E-state index in [1.54, 1.807) is 0 Å². The Morgan fingerprint density at radius 3 is 2.54 bits per heavy atom. The Bertz CT molecular complexity index is 246. The molecule has 5 heteroatoms. The maximum absolute atomic E-state index is 11.5. The van der Waals surface area contributed by atoms with Crippen LogP contribution in [-0.2, 0) is 10.0 Å². The smallest absolute Gasteiger partial charge is 0.213 e. The fourth-order valence-corrected chi connectivity index (χ4v) is 2.46. The van der Waals surface area contributed by atoms with Gasteiger partial charge in [-0.05, 0) is 12.3 Å². The Morgan fingerprint density at radius 1 is 1.46 bits per heavy atom. The Kier molecular flexibility index (Phi) is 3.70. The van der Waals surface area contributed by atoms with Crippen LogP contribution >= 0.6 is 0 Å². The highest BCUT2D eigenvalue weighted by Gasteiger charge is 2.25. The number of sulfonamides is 1. The summed E-state index contributed by atoms with van der Waals surface area (Å²) in [6.07, 6.45) is 3.14. The molecule has 13 heavy (non-hydrogen) atoms. The van der Waals surface area contributed by atoms with E-state index in [2.05, 4.69) is 0 Å². The van der Waals surface area contributed by atoms with Crippen molar-refractivity contribution < 1.29 is 13.5 Å². The third-order valence-corrected chi connectivity index (χ3v) is 4.25. The van der Waals surface area contributed by atoms with Gasteiger partial charge in [0.25, 0.3) is 0 Å². The molecule has 4 nitrogen and oxygen atoms in total. The zero-order valence-corrected chi connectivity index (χ0v) is 8.76. The number of hydrogen-bond donors (Lipinski definition) is 1. The highest BCUT2D eigenvalue weighted by Crippen LogP contribution is 2.32. The molecule has 0 aromatic carbocycles. The second kappa shape index (κ2) is 4.39. The van der Waals surface area contributed by atoms with Crippen molar-refractivity contribution in [1.29, 1.82) is 0 Å². The van der Waals surface area contributed by atoms with E-state index in [0.29, 0.717) is 5.92 Å². The predicted octanol–water partition coefficient (Wildman–Crippen LogP) is 0.0404. The van der Waals surface area contributed by atoms with E-state index in [4.69, 9.17) is 5.11 Å². The molecule has 0 atom stereocenters. The van der Waals surface area contributed by atoms with E-state index in [0.717, 1.165) is 6.42 Å². The average Bonchev–Trinajstić information content (AvgIpc) is 2.84. The van der Waals surface area contributed by atoms with Crippen LogP contribution in [0.5, 0.6) is 0 Å². The molecule has 0 aromatic heterocycles. The summed E-state index contributed by atoms with van der Waals surface area (Å²) >= 11 is 0. The molecule has 0 bridgehead atoms. The Balaban J connectivity index is 2.33. The van der Waals surface area contributed by atoms with Gasteiger partial charge in [-0.1, -0.05) is 12.8 Å². The van der Waals surface area contributed by atoms with Gasteiger partial charge in [0.1, 0.15) is 0 Å². The Labute approximate surface area is 79.6 Å². The average molecular weight is 207 g/mol. The predicted molar refractivity (Wildman–Crippen MR) is 50.8 cm³/mol. The lowest BCUT2D eigenvalue weighted by molar-refractivity contribution is 0.266. The third kappa shape index (κ3) is 3.62. The van der Waals surface area contributed by atoms with Crippen LogP contribution in [-0.4, -0.2) is 43.8 Å². The number of hydrogen-bond acceptors (Lipinski definition) is 3. The molecule has 0 aromatic rings. The first-order chi connectivity index (χ1) is 6.06. The van der Waals surface area contributed by atoms with Gasteiger partial charge in [0.15, 0.2) is 0 Å². The van der Waals surface area contributed by atoms with Gasteiger partial charge in [-0.2, -0.15) is 0 Å². The van der Waals surface area contributed by atoms with Gasteiger partial charge < -0.3 is 5.11 Å². The van der Waals surface area contributed by atoms with Crippen molar-refractivity contribution >= 4 is 10.0 Å². The lowest BCUT2D eigenvalue weighted by Gasteiger charge is -2.15. The molecule has 1 fully saturated rings. The number of aliphatic hydroxyl groups is 1. The van der Waals surface area contributed by atoms with Crippen molar-refractivity contribution in [3.05, 3.63) is 0 Å². The summed E-state index contributed by atoms with van der Waals surface area (Å²) in [5.41, 5.74) is 0. The molecule has 0 saturated heterocycles. The van der Waals surface area contributed by atoms with Crippen molar-refractivity contribution in [3.63, 3.8) is 0 Å². The fraction of sp³-hybridized carbons (Fsp3) is 1.00. The van der Waals surface area contributed by atoms with Crippen LogP contribution in [0.4, 0.5) is 0 Å². The lowest BCUT2D eigenvalue weighted by Crippen LogP contribution is -2.31. The van der Waals surface area contributed by atoms with Crippen molar-refractivity contribution in [2.45, 2.75) is 19.3 Å². The summed E-state index contributed by atoms with van der Waals surface area (Å²) in [6.45, 7) is 0.0894. The molecule has 0 heterocycles. The highest BCUT2D eigenvalue weighted by atomic mass is 32.2. The molecule has 1 saturated carbocycles. The minimum Gasteiger partial charge on any atom is -0.395 e. The summed E-state index contributed by atoms with van der Waals surface area (Å²) in [5.74, 6) is 0.867. The minimum atomic E-state index is -3.10. The number of rotatable bonds is 6. The van der Waals surface area contributed by atoms with Crippen molar-refractivity contribution in [2.75, 3.05) is 26.0 Å². The molecule has 78 valence electrons. The zero-order chi connectivity index (χ0) is 9.90. The number of likely N-dealkylation sites (N-methyl/N-ethyl adjacent to an activating group) is 1. The van der Waals surface area contributed by atoms with Crippen LogP contribution in [0.25, 0.3) is 0 Å². The van der Waals surface area contributed by atoms with Crippen molar-refractivity contribution in [3.8, 4) is 0 Å². The maximum atomic E-state index is 11.5. The molecule has 0 aliphatic heterocycles. The summed E-state index contributed by atoms with van der Waals surface area (Å²) in [4.78, 5) is 0. The van der Waals surface area contributed by atoms with E-state index >= 15 is 0 Å². The highest BCUT2D eigenvalue weighted by molar-refractivity contribution is 7.89. The van der Waals surface area contributed by atoms with Gasteiger partial charge in [-0.15, -0.1) is 0 Å². The van der Waals surface area contributed by atoms with Crippen LogP contribution in [0.1, 0.15) is 19.3 Å². The van der Waals surface area contributed by atoms with E-state index in [1.807, 2.05) is 0 Å². The van der Waals surface area contributed by atoms with Crippen LogP contribution < -0.4 is 0 Å². The summed E-state index contributed by atoms with van der Waals surface area (Å²) < 4.78 is 24.2. The van der Waals surface area contributed by atoms with Crippen molar-refractivity contribution in [1.82, 2.24) is 4.31 Å². The first-order valence-corrected chi connectivity index (χ1v) is 6.22. The quantitative estimate of drug-likeness (QED) is 0.669. The van der Waals surface area contributed by atoms with Gasteiger partial charge in [0.2, 0.25) is 10.0 Å². The monoisotopic (exact) mass is 207 g/mol. The summed E-state index contributed by atoms with van der Waals surface area (Å²) in [6, 6.07) is 0. The van der Waals surface area contributed by atoms with Crippen LogP contribution in [0.2, 0.25) is 0 Å². The molecule has 1 N–H and O–H groups in total. The van der Waals surface area contributed by atoms with E-state index in [-0.39, 0.29) is 18.9 Å². The number of nitrogens with zero attached hydrogens (tertiary/aromatic N) is 1.